The van der Waals surface area contributed by atoms with Crippen molar-refractivity contribution in [2.75, 3.05) is 26.2 Å². The highest BCUT2D eigenvalue weighted by molar-refractivity contribution is 5.81. The Morgan fingerprint density at radius 3 is 3.00 bits per heavy atom. The van der Waals surface area contributed by atoms with Gasteiger partial charge in [-0.3, -0.25) is 9.89 Å². The number of nitrogens with zero attached hydrogens (tertiary/aromatic N) is 2. The van der Waals surface area contributed by atoms with E-state index >= 15 is 0 Å². The first-order chi connectivity index (χ1) is 6.92. The van der Waals surface area contributed by atoms with Crippen molar-refractivity contribution in [1.82, 2.24) is 15.5 Å². The van der Waals surface area contributed by atoms with Crippen LogP contribution in [0.3, 0.4) is 0 Å². The third-order valence-corrected chi connectivity index (χ3v) is 3.30. The average Bonchev–Trinajstić information content (AvgIpc) is 2.75. The van der Waals surface area contributed by atoms with Crippen LogP contribution in [0.4, 0.5) is 0 Å². The molecule has 1 unspecified atom stereocenters. The van der Waals surface area contributed by atoms with Crippen LogP contribution in [0.2, 0.25) is 0 Å². The fourth-order valence-corrected chi connectivity index (χ4v) is 2.36. The van der Waals surface area contributed by atoms with Gasteiger partial charge in [0.1, 0.15) is 0 Å². The minimum atomic E-state index is 0.625. The van der Waals surface area contributed by atoms with Gasteiger partial charge in [0.15, 0.2) is 5.96 Å². The second-order valence-corrected chi connectivity index (χ2v) is 4.51. The molecular weight excluding hydrogens is 176 g/mol. The summed E-state index contributed by atoms with van der Waals surface area (Å²) in [6.07, 6.45) is 4.12. The van der Waals surface area contributed by atoms with Gasteiger partial charge in [0.05, 0.1) is 6.54 Å². The highest BCUT2D eigenvalue weighted by atomic mass is 15.3. The molecule has 0 aromatic carbocycles. The summed E-state index contributed by atoms with van der Waals surface area (Å²) in [6.45, 7) is 4.42. The molecule has 14 heavy (non-hydrogen) atoms. The van der Waals surface area contributed by atoms with Crippen molar-refractivity contribution in [2.45, 2.75) is 31.3 Å². The Labute approximate surface area is 84.8 Å². The molecule has 2 heterocycles. The van der Waals surface area contributed by atoms with E-state index in [4.69, 9.17) is 0 Å². The summed E-state index contributed by atoms with van der Waals surface area (Å²) in [7, 11) is 0. The van der Waals surface area contributed by atoms with Gasteiger partial charge < -0.3 is 10.6 Å². The van der Waals surface area contributed by atoms with Gasteiger partial charge in [0.25, 0.3) is 0 Å². The zero-order chi connectivity index (χ0) is 9.38. The molecular formula is C10H18N4. The molecule has 1 atom stereocenters. The summed E-state index contributed by atoms with van der Waals surface area (Å²) in [6, 6.07) is 1.54. The molecule has 78 valence electrons. The van der Waals surface area contributed by atoms with E-state index in [9.17, 15) is 0 Å². The molecule has 0 spiro atoms. The molecule has 0 radical (unpaired) electrons. The van der Waals surface area contributed by atoms with Gasteiger partial charge in [-0.15, -0.1) is 0 Å². The van der Waals surface area contributed by atoms with E-state index in [-0.39, 0.29) is 0 Å². The smallest absolute Gasteiger partial charge is 0.191 e. The van der Waals surface area contributed by atoms with E-state index in [0.717, 1.165) is 25.1 Å². The first kappa shape index (κ1) is 8.53. The topological polar surface area (TPSA) is 39.7 Å². The van der Waals surface area contributed by atoms with Crippen LogP contribution in [0.25, 0.3) is 0 Å². The largest absolute Gasteiger partial charge is 0.355 e. The zero-order valence-corrected chi connectivity index (χ0v) is 8.50. The maximum absolute atomic E-state index is 4.36. The highest BCUT2D eigenvalue weighted by Crippen LogP contribution is 2.29. The monoisotopic (exact) mass is 194 g/mol. The number of rotatable bonds is 2. The van der Waals surface area contributed by atoms with Crippen molar-refractivity contribution in [1.29, 1.82) is 0 Å². The Kier molecular flexibility index (Phi) is 2.09. The van der Waals surface area contributed by atoms with Crippen molar-refractivity contribution in [3.63, 3.8) is 0 Å². The SMILES string of the molecule is C1CNC(NC2CCN(C3CC3)C2)=N1. The average molecular weight is 194 g/mol. The molecule has 0 bridgehead atoms. The van der Waals surface area contributed by atoms with E-state index in [1.807, 2.05) is 0 Å². The molecule has 0 aromatic rings. The summed E-state index contributed by atoms with van der Waals surface area (Å²) < 4.78 is 0. The Morgan fingerprint density at radius 1 is 1.36 bits per heavy atom. The lowest BCUT2D eigenvalue weighted by atomic mass is 10.3. The molecule has 4 heteroatoms. The number of guanidine groups is 1. The van der Waals surface area contributed by atoms with Gasteiger partial charge in [-0.25, -0.2) is 0 Å². The fourth-order valence-electron chi connectivity index (χ4n) is 2.36. The lowest BCUT2D eigenvalue weighted by Crippen LogP contribution is -2.42. The van der Waals surface area contributed by atoms with Crippen LogP contribution in [0.15, 0.2) is 4.99 Å². The summed E-state index contributed by atoms with van der Waals surface area (Å²) in [5.74, 6) is 1.02. The Balaban J connectivity index is 1.49. The normalized spacial score (nSPS) is 32.9. The predicted octanol–water partition coefficient (Wildman–Crippen LogP) is -0.228. The molecule has 2 N–H and O–H groups in total. The second kappa shape index (κ2) is 3.42. The van der Waals surface area contributed by atoms with Crippen LogP contribution in [-0.2, 0) is 0 Å². The second-order valence-electron chi connectivity index (χ2n) is 4.51. The molecule has 1 aliphatic carbocycles. The third-order valence-electron chi connectivity index (χ3n) is 3.30. The number of nitrogens with one attached hydrogen (secondary N) is 2. The van der Waals surface area contributed by atoms with Crippen LogP contribution >= 0.6 is 0 Å². The molecule has 4 nitrogen and oxygen atoms in total. The van der Waals surface area contributed by atoms with E-state index in [1.54, 1.807) is 0 Å². The van der Waals surface area contributed by atoms with Gasteiger partial charge in [-0.2, -0.15) is 0 Å². The lowest BCUT2D eigenvalue weighted by molar-refractivity contribution is 0.321. The van der Waals surface area contributed by atoms with Crippen molar-refractivity contribution in [2.24, 2.45) is 4.99 Å². The molecule has 3 rings (SSSR count). The summed E-state index contributed by atoms with van der Waals surface area (Å²) >= 11 is 0. The Morgan fingerprint density at radius 2 is 2.29 bits per heavy atom. The number of hydrogen-bond donors (Lipinski definition) is 2. The van der Waals surface area contributed by atoms with Crippen molar-refractivity contribution >= 4 is 5.96 Å². The zero-order valence-electron chi connectivity index (χ0n) is 8.50. The molecule has 2 fully saturated rings. The molecule has 3 aliphatic rings. The van der Waals surface area contributed by atoms with Gasteiger partial charge in [0, 0.05) is 31.7 Å². The minimum absolute atomic E-state index is 0.625. The highest BCUT2D eigenvalue weighted by Gasteiger charge is 2.34. The molecule has 0 amide bonds. The molecule has 0 aromatic heterocycles. The number of aliphatic imine (C=N–C) groups is 1. The van der Waals surface area contributed by atoms with E-state index in [2.05, 4.69) is 20.5 Å². The maximum atomic E-state index is 4.36. The van der Waals surface area contributed by atoms with Crippen LogP contribution in [0.1, 0.15) is 19.3 Å². The van der Waals surface area contributed by atoms with E-state index in [1.165, 1.54) is 32.4 Å². The van der Waals surface area contributed by atoms with E-state index < -0.39 is 0 Å². The standard InChI is InChI=1S/C10H18N4/c1-2-9(1)14-6-3-8(7-14)13-10-11-4-5-12-10/h8-9H,1-7H2,(H2,11,12,13). The first-order valence-electron chi connectivity index (χ1n) is 5.71. The van der Waals surface area contributed by atoms with Gasteiger partial charge in [0.2, 0.25) is 0 Å². The minimum Gasteiger partial charge on any atom is -0.355 e. The Bertz CT molecular complexity index is 247. The van der Waals surface area contributed by atoms with Crippen molar-refractivity contribution in [3.8, 4) is 0 Å². The van der Waals surface area contributed by atoms with Crippen LogP contribution < -0.4 is 10.6 Å². The molecule has 1 saturated carbocycles. The molecule has 1 saturated heterocycles. The Hall–Kier alpha value is -0.770. The predicted molar refractivity (Wildman–Crippen MR) is 56.4 cm³/mol. The number of likely N-dealkylation sites (tertiary alicyclic amines) is 1. The maximum Gasteiger partial charge on any atom is 0.191 e. The summed E-state index contributed by atoms with van der Waals surface area (Å²) in [4.78, 5) is 6.98. The summed E-state index contributed by atoms with van der Waals surface area (Å²) in [5, 5.41) is 6.75. The third kappa shape index (κ3) is 1.71. The quantitative estimate of drug-likeness (QED) is 0.638. The van der Waals surface area contributed by atoms with Crippen LogP contribution in [0, 0.1) is 0 Å². The summed E-state index contributed by atoms with van der Waals surface area (Å²) in [5.41, 5.74) is 0. The van der Waals surface area contributed by atoms with Crippen molar-refractivity contribution in [3.05, 3.63) is 0 Å². The van der Waals surface area contributed by atoms with Crippen molar-refractivity contribution < 1.29 is 0 Å². The van der Waals surface area contributed by atoms with Crippen LogP contribution in [-0.4, -0.2) is 49.1 Å². The van der Waals surface area contributed by atoms with Crippen LogP contribution in [0.5, 0.6) is 0 Å². The van der Waals surface area contributed by atoms with Gasteiger partial charge >= 0.3 is 0 Å². The lowest BCUT2D eigenvalue weighted by Gasteiger charge is -2.16. The first-order valence-corrected chi connectivity index (χ1v) is 5.71. The fraction of sp³-hybridized carbons (Fsp3) is 0.900. The van der Waals surface area contributed by atoms with Gasteiger partial charge in [-0.05, 0) is 19.3 Å². The number of hydrogen-bond acceptors (Lipinski definition) is 4. The van der Waals surface area contributed by atoms with E-state index in [0.29, 0.717) is 6.04 Å². The van der Waals surface area contributed by atoms with Gasteiger partial charge in [-0.1, -0.05) is 0 Å². The molecule has 2 aliphatic heterocycles.